The van der Waals surface area contributed by atoms with Gasteiger partial charge in [0.15, 0.2) is 5.76 Å². The van der Waals surface area contributed by atoms with Gasteiger partial charge >= 0.3 is 0 Å². The third-order valence-electron chi connectivity index (χ3n) is 5.63. The summed E-state index contributed by atoms with van der Waals surface area (Å²) >= 11 is 0. The third-order valence-corrected chi connectivity index (χ3v) is 5.63. The standard InChI is InChI=1S/C22H23N5O2/c1-16-24-19-7-2-3-8-20(19)27(16)14-17-6-4-13-26(17)22(28)21-10-9-18(29-21)15-25-12-5-11-23-25/h2-3,5,7-12,17H,4,6,13-15H2,1H3. The number of hydrogen-bond acceptors (Lipinski definition) is 4. The number of likely N-dealkylation sites (tertiary alicyclic amines) is 1. The zero-order valence-electron chi connectivity index (χ0n) is 16.4. The number of aryl methyl sites for hydroxylation is 1. The predicted molar refractivity (Wildman–Crippen MR) is 109 cm³/mol. The van der Waals surface area contributed by atoms with Crippen LogP contribution in [0.15, 0.2) is 59.3 Å². The normalized spacial score (nSPS) is 16.7. The van der Waals surface area contributed by atoms with Crippen molar-refractivity contribution in [1.82, 2.24) is 24.2 Å². The number of para-hydroxylation sites is 2. The van der Waals surface area contributed by atoms with E-state index in [1.807, 2.05) is 48.4 Å². The summed E-state index contributed by atoms with van der Waals surface area (Å²) < 4.78 is 9.83. The van der Waals surface area contributed by atoms with Gasteiger partial charge in [0.1, 0.15) is 11.6 Å². The maximum absolute atomic E-state index is 13.1. The smallest absolute Gasteiger partial charge is 0.289 e. The highest BCUT2D eigenvalue weighted by atomic mass is 16.4. The van der Waals surface area contributed by atoms with E-state index in [-0.39, 0.29) is 11.9 Å². The number of carbonyl (C=O) groups is 1. The summed E-state index contributed by atoms with van der Waals surface area (Å²) in [4.78, 5) is 19.7. The summed E-state index contributed by atoms with van der Waals surface area (Å²) in [5.74, 6) is 2.06. The first kappa shape index (κ1) is 17.7. The number of hydrogen-bond donors (Lipinski definition) is 0. The zero-order valence-corrected chi connectivity index (χ0v) is 16.4. The molecule has 1 aromatic carbocycles. The van der Waals surface area contributed by atoms with Gasteiger partial charge in [-0.15, -0.1) is 0 Å². The van der Waals surface area contributed by atoms with Gasteiger partial charge in [-0.1, -0.05) is 12.1 Å². The Kier molecular flexibility index (Phi) is 4.42. The van der Waals surface area contributed by atoms with Crippen LogP contribution in [0.1, 0.15) is 35.0 Å². The van der Waals surface area contributed by atoms with Gasteiger partial charge in [0, 0.05) is 25.5 Å². The summed E-state index contributed by atoms with van der Waals surface area (Å²) in [7, 11) is 0. The monoisotopic (exact) mass is 389 g/mol. The third kappa shape index (κ3) is 3.33. The second kappa shape index (κ2) is 7.24. The molecule has 29 heavy (non-hydrogen) atoms. The summed E-state index contributed by atoms with van der Waals surface area (Å²) in [6.07, 6.45) is 5.59. The van der Waals surface area contributed by atoms with Crippen molar-refractivity contribution < 1.29 is 9.21 Å². The van der Waals surface area contributed by atoms with Crippen molar-refractivity contribution in [2.24, 2.45) is 0 Å². The molecule has 1 atom stereocenters. The molecule has 0 radical (unpaired) electrons. The highest BCUT2D eigenvalue weighted by Crippen LogP contribution is 2.25. The SMILES string of the molecule is Cc1nc2ccccc2n1CC1CCCN1C(=O)c1ccc(Cn2cccn2)o1. The van der Waals surface area contributed by atoms with Gasteiger partial charge in [0.2, 0.25) is 0 Å². The summed E-state index contributed by atoms with van der Waals surface area (Å²) in [6, 6.07) is 13.8. The Morgan fingerprint density at radius 3 is 2.97 bits per heavy atom. The number of furan rings is 1. The highest BCUT2D eigenvalue weighted by molar-refractivity contribution is 5.92. The van der Waals surface area contributed by atoms with Crippen LogP contribution in [0.3, 0.4) is 0 Å². The fourth-order valence-corrected chi connectivity index (χ4v) is 4.20. The van der Waals surface area contributed by atoms with Crippen LogP contribution in [0, 0.1) is 6.92 Å². The van der Waals surface area contributed by atoms with Crippen LogP contribution in [-0.4, -0.2) is 42.7 Å². The van der Waals surface area contributed by atoms with Gasteiger partial charge in [-0.25, -0.2) is 4.98 Å². The van der Waals surface area contributed by atoms with Crippen LogP contribution >= 0.6 is 0 Å². The first-order valence-corrected chi connectivity index (χ1v) is 9.98. The van der Waals surface area contributed by atoms with E-state index in [4.69, 9.17) is 4.42 Å². The van der Waals surface area contributed by atoms with Crippen molar-refractivity contribution >= 4 is 16.9 Å². The molecule has 148 valence electrons. The Bertz CT molecular complexity index is 1140. The molecule has 4 aromatic rings. The average molecular weight is 389 g/mol. The summed E-state index contributed by atoms with van der Waals surface area (Å²) in [5, 5.41) is 4.18. The van der Waals surface area contributed by atoms with Crippen LogP contribution in [0.2, 0.25) is 0 Å². The molecule has 7 heteroatoms. The maximum Gasteiger partial charge on any atom is 0.289 e. The molecule has 5 rings (SSSR count). The molecular formula is C22H23N5O2. The lowest BCUT2D eigenvalue weighted by atomic mass is 10.2. The molecule has 1 saturated heterocycles. The first-order valence-electron chi connectivity index (χ1n) is 9.98. The van der Waals surface area contributed by atoms with E-state index >= 15 is 0 Å². The van der Waals surface area contributed by atoms with Gasteiger partial charge in [-0.3, -0.25) is 9.48 Å². The summed E-state index contributed by atoms with van der Waals surface area (Å²) in [6.45, 7) is 4.04. The van der Waals surface area contributed by atoms with Crippen molar-refractivity contribution in [3.63, 3.8) is 0 Å². The van der Waals surface area contributed by atoms with Crippen molar-refractivity contribution in [2.45, 2.75) is 38.9 Å². The Morgan fingerprint density at radius 2 is 2.10 bits per heavy atom. The Morgan fingerprint density at radius 1 is 1.21 bits per heavy atom. The van der Waals surface area contributed by atoms with E-state index in [1.165, 1.54) is 0 Å². The van der Waals surface area contributed by atoms with Gasteiger partial charge < -0.3 is 13.9 Å². The molecule has 0 spiro atoms. The minimum absolute atomic E-state index is 0.0405. The lowest BCUT2D eigenvalue weighted by Gasteiger charge is -2.25. The average Bonchev–Trinajstić information content (AvgIpc) is 3.51. The van der Waals surface area contributed by atoms with Crippen LogP contribution in [0.5, 0.6) is 0 Å². The molecule has 1 fully saturated rings. The number of rotatable bonds is 5. The molecular weight excluding hydrogens is 366 g/mol. The van der Waals surface area contributed by atoms with Crippen LogP contribution in [0.25, 0.3) is 11.0 Å². The fraction of sp³-hybridized carbons (Fsp3) is 0.318. The topological polar surface area (TPSA) is 69.1 Å². The second-order valence-electron chi connectivity index (χ2n) is 7.52. The second-order valence-corrected chi connectivity index (χ2v) is 7.52. The Labute approximate surface area is 168 Å². The lowest BCUT2D eigenvalue weighted by molar-refractivity contribution is 0.0690. The minimum atomic E-state index is -0.0405. The number of nitrogens with zero attached hydrogens (tertiary/aromatic N) is 5. The quantitative estimate of drug-likeness (QED) is 0.524. The van der Waals surface area contributed by atoms with Crippen LogP contribution in [0.4, 0.5) is 0 Å². The molecule has 0 aliphatic carbocycles. The van der Waals surface area contributed by atoms with Gasteiger partial charge in [0.25, 0.3) is 5.91 Å². The fourth-order valence-electron chi connectivity index (χ4n) is 4.20. The Hall–Kier alpha value is -3.35. The molecule has 4 heterocycles. The molecule has 7 nitrogen and oxygen atoms in total. The number of carbonyl (C=O) groups excluding carboxylic acids is 1. The number of aromatic nitrogens is 4. The molecule has 1 aliphatic rings. The maximum atomic E-state index is 13.1. The molecule has 3 aromatic heterocycles. The van der Waals surface area contributed by atoms with Gasteiger partial charge in [0.05, 0.1) is 23.6 Å². The molecule has 1 aliphatic heterocycles. The van der Waals surface area contributed by atoms with Gasteiger partial charge in [-0.2, -0.15) is 5.10 Å². The van der Waals surface area contributed by atoms with E-state index in [2.05, 4.69) is 20.7 Å². The zero-order chi connectivity index (χ0) is 19.8. The van der Waals surface area contributed by atoms with Crippen molar-refractivity contribution in [2.75, 3.05) is 6.54 Å². The lowest BCUT2D eigenvalue weighted by Crippen LogP contribution is -2.38. The number of amides is 1. The number of imidazole rings is 1. The molecule has 0 N–H and O–H groups in total. The number of benzene rings is 1. The number of fused-ring (bicyclic) bond motifs is 1. The first-order chi connectivity index (χ1) is 14.2. The van der Waals surface area contributed by atoms with Crippen molar-refractivity contribution in [3.05, 3.63) is 72.2 Å². The van der Waals surface area contributed by atoms with Crippen LogP contribution < -0.4 is 0 Å². The molecule has 0 bridgehead atoms. The molecule has 1 amide bonds. The molecule has 0 saturated carbocycles. The van der Waals surface area contributed by atoms with E-state index in [0.717, 1.165) is 48.5 Å². The van der Waals surface area contributed by atoms with Gasteiger partial charge in [-0.05, 0) is 50.1 Å². The van der Waals surface area contributed by atoms with E-state index < -0.39 is 0 Å². The molecule has 1 unspecified atom stereocenters. The minimum Gasteiger partial charge on any atom is -0.454 e. The van der Waals surface area contributed by atoms with Crippen LogP contribution in [-0.2, 0) is 13.1 Å². The Balaban J connectivity index is 1.34. The largest absolute Gasteiger partial charge is 0.454 e. The predicted octanol–water partition coefficient (Wildman–Crippen LogP) is 3.49. The van der Waals surface area contributed by atoms with Crippen molar-refractivity contribution in [3.8, 4) is 0 Å². The van der Waals surface area contributed by atoms with E-state index in [0.29, 0.717) is 12.3 Å². The van der Waals surface area contributed by atoms with E-state index in [9.17, 15) is 4.79 Å². The van der Waals surface area contributed by atoms with E-state index in [1.54, 1.807) is 16.9 Å². The van der Waals surface area contributed by atoms with Crippen molar-refractivity contribution in [1.29, 1.82) is 0 Å². The highest BCUT2D eigenvalue weighted by Gasteiger charge is 2.32. The summed E-state index contributed by atoms with van der Waals surface area (Å²) in [5.41, 5.74) is 2.11.